The lowest BCUT2D eigenvalue weighted by molar-refractivity contribution is 0.0485. The van der Waals surface area contributed by atoms with Gasteiger partial charge < -0.3 is 19.7 Å². The van der Waals surface area contributed by atoms with E-state index < -0.39 is 11.9 Å². The van der Waals surface area contributed by atoms with Crippen molar-refractivity contribution in [2.24, 2.45) is 0 Å². The number of carbonyl (C=O) groups excluding carboxylic acids is 2. The van der Waals surface area contributed by atoms with Crippen molar-refractivity contribution in [2.45, 2.75) is 39.5 Å². The van der Waals surface area contributed by atoms with Gasteiger partial charge in [0.25, 0.3) is 0 Å². The zero-order chi connectivity index (χ0) is 23.9. The summed E-state index contributed by atoms with van der Waals surface area (Å²) in [5, 5.41) is 17.1. The van der Waals surface area contributed by atoms with Gasteiger partial charge in [-0.15, -0.1) is 0 Å². The Bertz CT molecular complexity index is 828. The van der Waals surface area contributed by atoms with E-state index in [1.165, 1.54) is 24.3 Å². The van der Waals surface area contributed by atoms with Gasteiger partial charge in [-0.25, -0.2) is 19.2 Å². The number of hydrogen-bond acceptors (Lipinski definition) is 6. The normalized spacial score (nSPS) is 9.81. The molecule has 0 fully saturated rings. The molecule has 2 N–H and O–H groups in total. The maximum absolute atomic E-state index is 11.7. The summed E-state index contributed by atoms with van der Waals surface area (Å²) in [7, 11) is 0. The molecular formula is C24H28O8. The average molecular weight is 444 g/mol. The van der Waals surface area contributed by atoms with Crippen molar-refractivity contribution in [1.29, 1.82) is 0 Å². The van der Waals surface area contributed by atoms with E-state index in [9.17, 15) is 19.2 Å². The second kappa shape index (κ2) is 14.3. The van der Waals surface area contributed by atoms with E-state index in [4.69, 9.17) is 19.7 Å². The molecule has 0 spiro atoms. The van der Waals surface area contributed by atoms with Gasteiger partial charge in [0.05, 0.1) is 35.5 Å². The van der Waals surface area contributed by atoms with E-state index in [0.717, 1.165) is 25.7 Å². The Hall–Kier alpha value is -3.68. The predicted molar refractivity (Wildman–Crippen MR) is 117 cm³/mol. The van der Waals surface area contributed by atoms with Crippen molar-refractivity contribution >= 4 is 23.9 Å². The van der Waals surface area contributed by atoms with Crippen molar-refractivity contribution in [3.8, 4) is 0 Å². The van der Waals surface area contributed by atoms with Crippen LogP contribution in [-0.4, -0.2) is 47.3 Å². The van der Waals surface area contributed by atoms with Crippen LogP contribution in [0.25, 0.3) is 0 Å². The van der Waals surface area contributed by atoms with Gasteiger partial charge in [0, 0.05) is 0 Å². The summed E-state index contributed by atoms with van der Waals surface area (Å²) in [4.78, 5) is 44.3. The van der Waals surface area contributed by atoms with Crippen LogP contribution in [0, 0.1) is 0 Å². The lowest BCUT2D eigenvalue weighted by Crippen LogP contribution is -2.09. The number of unbranched alkanes of at least 4 members (excludes halogenated alkanes) is 2. The maximum Gasteiger partial charge on any atom is 0.338 e. The number of esters is 2. The number of benzene rings is 2. The highest BCUT2D eigenvalue weighted by atomic mass is 16.5. The van der Waals surface area contributed by atoms with Gasteiger partial charge in [0.2, 0.25) is 0 Å². The molecule has 0 saturated heterocycles. The molecule has 0 bridgehead atoms. The Morgan fingerprint density at radius 1 is 0.656 bits per heavy atom. The van der Waals surface area contributed by atoms with Crippen molar-refractivity contribution in [3.05, 3.63) is 70.8 Å². The third-order valence-corrected chi connectivity index (χ3v) is 4.21. The number of aromatic carboxylic acids is 2. The van der Waals surface area contributed by atoms with Crippen molar-refractivity contribution in [1.82, 2.24) is 0 Å². The Labute approximate surface area is 186 Å². The molecule has 0 heterocycles. The third kappa shape index (κ3) is 8.99. The number of hydrogen-bond donors (Lipinski definition) is 2. The number of carboxylic acid groups (broad SMARTS) is 2. The van der Waals surface area contributed by atoms with Crippen LogP contribution in [-0.2, 0) is 9.47 Å². The molecule has 32 heavy (non-hydrogen) atoms. The minimum Gasteiger partial charge on any atom is -0.478 e. The molecule has 0 aliphatic heterocycles. The fourth-order valence-electron chi connectivity index (χ4n) is 2.38. The summed E-state index contributed by atoms with van der Waals surface area (Å²) in [6.07, 6.45) is 3.67. The van der Waals surface area contributed by atoms with Gasteiger partial charge in [-0.2, -0.15) is 0 Å². The molecule has 2 rings (SSSR count). The molecule has 0 atom stereocenters. The topological polar surface area (TPSA) is 127 Å². The van der Waals surface area contributed by atoms with E-state index in [1.54, 1.807) is 24.3 Å². The molecule has 172 valence electrons. The molecule has 0 amide bonds. The quantitative estimate of drug-likeness (QED) is 0.399. The Morgan fingerprint density at radius 3 is 1.28 bits per heavy atom. The second-order valence-electron chi connectivity index (χ2n) is 6.71. The van der Waals surface area contributed by atoms with Crippen molar-refractivity contribution in [3.63, 3.8) is 0 Å². The molecule has 2 aromatic rings. The third-order valence-electron chi connectivity index (χ3n) is 4.21. The number of rotatable bonds is 10. The first-order valence-electron chi connectivity index (χ1n) is 10.3. The standard InChI is InChI=1S/C16H22O4.C8H6O4/c1-3-5-11-19-15(17)13-7-9-14(10-8-13)16(18)20-12-6-4-2;9-7(10)5-3-1-2-4-6(5)8(11)12/h7-10H,3-6,11-12H2,1-2H3;1-4H,(H,9,10)(H,11,12). The van der Waals surface area contributed by atoms with Gasteiger partial charge >= 0.3 is 23.9 Å². The minimum absolute atomic E-state index is 0.190. The molecule has 0 aliphatic rings. The Kier molecular flexibility index (Phi) is 11.8. The van der Waals surface area contributed by atoms with Crippen LogP contribution >= 0.6 is 0 Å². The first-order chi connectivity index (χ1) is 15.3. The van der Waals surface area contributed by atoms with E-state index in [2.05, 4.69) is 0 Å². The molecule has 0 aliphatic carbocycles. The summed E-state index contributed by atoms with van der Waals surface area (Å²) in [6, 6.07) is 11.8. The van der Waals surface area contributed by atoms with Gasteiger partial charge in [-0.05, 0) is 49.2 Å². The van der Waals surface area contributed by atoms with Crippen LogP contribution < -0.4 is 0 Å². The van der Waals surface area contributed by atoms with Crippen LogP contribution in [0.1, 0.15) is 81.0 Å². The summed E-state index contributed by atoms with van der Waals surface area (Å²) < 4.78 is 10.2. The summed E-state index contributed by atoms with van der Waals surface area (Å²) in [6.45, 7) is 4.92. The summed E-state index contributed by atoms with van der Waals surface area (Å²) >= 11 is 0. The van der Waals surface area contributed by atoms with Crippen LogP contribution in [0.4, 0.5) is 0 Å². The molecule has 2 aromatic carbocycles. The number of carboxylic acids is 2. The summed E-state index contributed by atoms with van der Waals surface area (Å²) in [5.41, 5.74) is 0.521. The minimum atomic E-state index is -1.23. The smallest absolute Gasteiger partial charge is 0.338 e. The first-order valence-corrected chi connectivity index (χ1v) is 10.3. The molecule has 0 radical (unpaired) electrons. The van der Waals surface area contributed by atoms with Crippen LogP contribution in [0.5, 0.6) is 0 Å². The SMILES string of the molecule is CCCCOC(=O)c1ccc(C(=O)OCCCC)cc1.O=C(O)c1ccccc1C(=O)O. The predicted octanol–water partition coefficient (Wildman–Crippen LogP) is 4.68. The van der Waals surface area contributed by atoms with Crippen molar-refractivity contribution in [2.75, 3.05) is 13.2 Å². The zero-order valence-corrected chi connectivity index (χ0v) is 18.2. The molecule has 0 unspecified atom stereocenters. The van der Waals surface area contributed by atoms with Crippen LogP contribution in [0.2, 0.25) is 0 Å². The molecule has 8 heteroatoms. The van der Waals surface area contributed by atoms with E-state index in [1.807, 2.05) is 13.8 Å². The van der Waals surface area contributed by atoms with Crippen molar-refractivity contribution < 1.29 is 38.9 Å². The molecular weight excluding hydrogens is 416 g/mol. The van der Waals surface area contributed by atoms with E-state index in [-0.39, 0.29) is 23.1 Å². The van der Waals surface area contributed by atoms with E-state index in [0.29, 0.717) is 24.3 Å². The lowest BCUT2D eigenvalue weighted by atomic mass is 10.1. The fourth-order valence-corrected chi connectivity index (χ4v) is 2.38. The van der Waals surface area contributed by atoms with Crippen LogP contribution in [0.15, 0.2) is 48.5 Å². The highest BCUT2D eigenvalue weighted by Gasteiger charge is 2.13. The van der Waals surface area contributed by atoms with Gasteiger partial charge in [0.1, 0.15) is 0 Å². The second-order valence-corrected chi connectivity index (χ2v) is 6.71. The Balaban J connectivity index is 0.000000363. The average Bonchev–Trinajstić information content (AvgIpc) is 2.79. The van der Waals surface area contributed by atoms with E-state index >= 15 is 0 Å². The molecule has 0 aromatic heterocycles. The van der Waals surface area contributed by atoms with Crippen LogP contribution in [0.3, 0.4) is 0 Å². The highest BCUT2D eigenvalue weighted by Crippen LogP contribution is 2.09. The lowest BCUT2D eigenvalue weighted by Gasteiger charge is -2.06. The first kappa shape index (κ1) is 26.4. The molecule has 8 nitrogen and oxygen atoms in total. The largest absolute Gasteiger partial charge is 0.478 e. The summed E-state index contributed by atoms with van der Waals surface area (Å²) in [5.74, 6) is -3.17. The highest BCUT2D eigenvalue weighted by molar-refractivity contribution is 6.01. The monoisotopic (exact) mass is 444 g/mol. The van der Waals surface area contributed by atoms with Gasteiger partial charge in [-0.3, -0.25) is 0 Å². The molecule has 0 saturated carbocycles. The maximum atomic E-state index is 11.7. The zero-order valence-electron chi connectivity index (χ0n) is 18.2. The fraction of sp³-hybridized carbons (Fsp3) is 0.333. The van der Waals surface area contributed by atoms with Gasteiger partial charge in [-0.1, -0.05) is 38.8 Å². The number of ether oxygens (including phenoxy) is 2. The number of carbonyl (C=O) groups is 4. The van der Waals surface area contributed by atoms with Gasteiger partial charge in [0.15, 0.2) is 0 Å². The Morgan fingerprint density at radius 2 is 1.00 bits per heavy atom.